The van der Waals surface area contributed by atoms with Gasteiger partial charge in [-0.25, -0.2) is 22.2 Å². The number of amides is 3. The van der Waals surface area contributed by atoms with Gasteiger partial charge in [0.2, 0.25) is 33.5 Å². The van der Waals surface area contributed by atoms with Gasteiger partial charge in [0.25, 0.3) is 5.91 Å². The van der Waals surface area contributed by atoms with Gasteiger partial charge < -0.3 is 19.5 Å². The Labute approximate surface area is 321 Å². The second-order valence-electron chi connectivity index (χ2n) is 15.5. The molecule has 2 saturated carbocycles. The Morgan fingerprint density at radius 1 is 0.982 bits per heavy atom. The molecule has 294 valence electrons. The number of hydrogen-bond donors (Lipinski definition) is 2. The van der Waals surface area contributed by atoms with E-state index >= 15 is 0 Å². The van der Waals surface area contributed by atoms with E-state index in [0.29, 0.717) is 47.5 Å². The smallest absolute Gasteiger partial charge is 0.290 e. The third-order valence-corrected chi connectivity index (χ3v) is 13.2. The number of carbonyl (C=O) groups excluding carboxylic acids is 4. The number of benzene rings is 2. The average molecular weight is 790 g/mol. The number of carbonyl (C=O) groups is 4. The van der Waals surface area contributed by atoms with Crippen molar-refractivity contribution in [2.75, 3.05) is 6.54 Å². The Balaban J connectivity index is 1.14. The molecular formula is C40H41F2N5O8S. The number of rotatable bonds is 7. The summed E-state index contributed by atoms with van der Waals surface area (Å²) in [6.07, 6.45) is 6.77. The van der Waals surface area contributed by atoms with Crippen LogP contribution in [0.4, 0.5) is 8.78 Å². The molecule has 16 heteroatoms. The number of aryl methyl sites for hydroxylation is 1. The summed E-state index contributed by atoms with van der Waals surface area (Å²) in [5.74, 6) is -3.90. The molecular weight excluding hydrogens is 749 g/mol. The highest BCUT2D eigenvalue weighted by atomic mass is 32.2. The van der Waals surface area contributed by atoms with E-state index in [1.54, 1.807) is 6.92 Å². The summed E-state index contributed by atoms with van der Waals surface area (Å²) >= 11 is 0. The number of hydrogen-bond acceptors (Lipinski definition) is 10. The summed E-state index contributed by atoms with van der Waals surface area (Å²) in [4.78, 5) is 62.2. The number of allylic oxidation sites excluding steroid dienone is 2. The van der Waals surface area contributed by atoms with Crippen LogP contribution < -0.4 is 14.8 Å². The number of Topliss-reactive ketones (excluding diaryl/α,β-unsaturated/α-hetero) is 1. The molecule has 0 bridgehead atoms. The minimum absolute atomic E-state index is 0.0311. The first kappa shape index (κ1) is 37.7. The van der Waals surface area contributed by atoms with Crippen LogP contribution >= 0.6 is 0 Å². The van der Waals surface area contributed by atoms with Gasteiger partial charge in [0.1, 0.15) is 23.8 Å². The van der Waals surface area contributed by atoms with Gasteiger partial charge in [0.05, 0.1) is 34.5 Å². The first-order valence-electron chi connectivity index (χ1n) is 19.0. The summed E-state index contributed by atoms with van der Waals surface area (Å²) in [5, 5.41) is 7.27. The minimum Gasteiger partial charge on any atom is -0.472 e. The Morgan fingerprint density at radius 3 is 2.50 bits per heavy atom. The second-order valence-corrected chi connectivity index (χ2v) is 17.4. The standard InChI is InChI=1S/C40H41F2N5O8S/c1-22-15-35(55-45-22)36(49)43-31-8-6-4-2-3-5-7-23-19-40(23,39(51)46-56(52,53)27-11-12-27)20-34(48)33-18-26(21-47(33)38(31)50)54-37-29-14-10-24(41)16-30(29)28-13-9-25(42)17-32(28)44-37/h5,7,9-10,13-17,23,26-27,31,33H,2-4,6,8,11-12,18-21H2,1H3,(H,43,49)(H,46,51)/b7-5-/t23-,26-,31+,33+,40-/m1/s1. The number of nitrogens with zero attached hydrogens (tertiary/aromatic N) is 3. The van der Waals surface area contributed by atoms with Crippen LogP contribution in [0.25, 0.3) is 21.7 Å². The lowest BCUT2D eigenvalue weighted by atomic mass is 9.91. The van der Waals surface area contributed by atoms with E-state index in [4.69, 9.17) is 9.26 Å². The lowest BCUT2D eigenvalue weighted by Crippen LogP contribution is -2.52. The Morgan fingerprint density at radius 2 is 1.75 bits per heavy atom. The molecule has 8 rings (SSSR count). The Hall–Kier alpha value is -5.25. The van der Waals surface area contributed by atoms with E-state index in [1.807, 2.05) is 12.2 Å². The van der Waals surface area contributed by atoms with E-state index in [1.165, 1.54) is 47.4 Å². The molecule has 2 aliphatic carbocycles. The average Bonchev–Trinajstić information content (AvgIpc) is 4.04. The molecule has 0 spiro atoms. The summed E-state index contributed by atoms with van der Waals surface area (Å²) in [5.41, 5.74) is -0.639. The zero-order valence-electron chi connectivity index (χ0n) is 30.6. The third-order valence-electron chi connectivity index (χ3n) is 11.3. The van der Waals surface area contributed by atoms with Gasteiger partial charge in [-0.15, -0.1) is 0 Å². The fourth-order valence-corrected chi connectivity index (χ4v) is 9.44. The predicted molar refractivity (Wildman–Crippen MR) is 199 cm³/mol. The molecule has 4 aromatic rings. The summed E-state index contributed by atoms with van der Waals surface area (Å²) in [6, 6.07) is 7.26. The molecule has 0 unspecified atom stereocenters. The van der Waals surface area contributed by atoms with Crippen molar-refractivity contribution in [3.05, 3.63) is 77.7 Å². The Kier molecular flexibility index (Phi) is 9.87. The Bertz CT molecular complexity index is 2400. The van der Waals surface area contributed by atoms with Crippen molar-refractivity contribution in [3.8, 4) is 5.88 Å². The molecule has 2 N–H and O–H groups in total. The van der Waals surface area contributed by atoms with Crippen molar-refractivity contribution < 1.29 is 45.6 Å². The highest BCUT2D eigenvalue weighted by molar-refractivity contribution is 7.90. The van der Waals surface area contributed by atoms with Crippen molar-refractivity contribution >= 4 is 55.2 Å². The second kappa shape index (κ2) is 14.7. The van der Waals surface area contributed by atoms with Gasteiger partial charge >= 0.3 is 0 Å². The zero-order chi connectivity index (χ0) is 39.4. The molecule has 56 heavy (non-hydrogen) atoms. The maximum atomic E-state index is 14.6. The van der Waals surface area contributed by atoms with Gasteiger partial charge in [-0.05, 0) is 87.1 Å². The largest absolute Gasteiger partial charge is 0.472 e. The zero-order valence-corrected chi connectivity index (χ0v) is 31.4. The molecule has 3 fully saturated rings. The van der Waals surface area contributed by atoms with E-state index in [9.17, 15) is 36.4 Å². The summed E-state index contributed by atoms with van der Waals surface area (Å²) in [7, 11) is -3.91. The number of fused-ring (bicyclic) bond motifs is 5. The minimum atomic E-state index is -3.91. The van der Waals surface area contributed by atoms with Crippen molar-refractivity contribution in [1.82, 2.24) is 25.1 Å². The quantitative estimate of drug-likeness (QED) is 0.187. The van der Waals surface area contributed by atoms with Gasteiger partial charge in [-0.1, -0.05) is 30.2 Å². The topological polar surface area (TPSA) is 178 Å². The number of ketones is 1. The number of nitrogens with one attached hydrogen (secondary N) is 2. The maximum Gasteiger partial charge on any atom is 0.290 e. The van der Waals surface area contributed by atoms with E-state index in [-0.39, 0.29) is 55.3 Å². The first-order chi connectivity index (χ1) is 26.8. The van der Waals surface area contributed by atoms with Crippen molar-refractivity contribution in [2.45, 2.75) is 94.6 Å². The van der Waals surface area contributed by atoms with Gasteiger partial charge in [0, 0.05) is 35.7 Å². The van der Waals surface area contributed by atoms with Gasteiger partial charge in [-0.2, -0.15) is 0 Å². The van der Waals surface area contributed by atoms with Gasteiger partial charge in [0.15, 0.2) is 5.78 Å². The van der Waals surface area contributed by atoms with E-state index < -0.39 is 74.0 Å². The number of sulfonamides is 1. The highest BCUT2D eigenvalue weighted by Crippen LogP contribution is 2.57. The van der Waals surface area contributed by atoms with Crippen LogP contribution in [0, 0.1) is 29.9 Å². The van der Waals surface area contributed by atoms with Crippen LogP contribution in [0.1, 0.15) is 80.5 Å². The number of pyridine rings is 1. The number of halogens is 2. The molecule has 2 aliphatic heterocycles. The van der Waals surface area contributed by atoms with Crippen LogP contribution in [0.15, 0.2) is 59.1 Å². The lowest BCUT2D eigenvalue weighted by molar-refractivity contribution is -0.140. The highest BCUT2D eigenvalue weighted by Gasteiger charge is 2.61. The molecule has 5 atom stereocenters. The normalized spacial score (nSPS) is 26.5. The maximum absolute atomic E-state index is 14.6. The molecule has 4 aliphatic rings. The lowest BCUT2D eigenvalue weighted by Gasteiger charge is -2.29. The van der Waals surface area contributed by atoms with Crippen LogP contribution in [0.3, 0.4) is 0 Å². The van der Waals surface area contributed by atoms with E-state index in [2.05, 4.69) is 20.2 Å². The van der Waals surface area contributed by atoms with Crippen LogP contribution in [-0.2, 0) is 24.4 Å². The first-order valence-corrected chi connectivity index (χ1v) is 20.5. The molecule has 2 aromatic heterocycles. The molecule has 4 heterocycles. The van der Waals surface area contributed by atoms with E-state index in [0.717, 1.165) is 12.8 Å². The van der Waals surface area contributed by atoms with Crippen molar-refractivity contribution in [2.24, 2.45) is 11.3 Å². The van der Waals surface area contributed by atoms with Crippen molar-refractivity contribution in [1.29, 1.82) is 0 Å². The van der Waals surface area contributed by atoms with Crippen LogP contribution in [0.5, 0.6) is 5.88 Å². The molecule has 2 aromatic carbocycles. The molecule has 3 amide bonds. The SMILES string of the molecule is Cc1cc(C(=O)N[C@H]2CCCCC/C=C\[C@@H]3C[C@@]3(C(=O)NS(=O)(=O)C3CC3)CC(=O)[C@@H]3C[C@@H](Oc4nc5cc(F)ccc5c5cc(F)ccc45)CN3C2=O)on1. The molecule has 1 saturated heterocycles. The molecule has 0 radical (unpaired) electrons. The predicted octanol–water partition coefficient (Wildman–Crippen LogP) is 5.20. The molecule has 13 nitrogen and oxygen atoms in total. The van der Waals surface area contributed by atoms with Gasteiger partial charge in [-0.3, -0.25) is 23.9 Å². The number of aromatic nitrogens is 2. The fraction of sp³-hybridized carbons (Fsp3) is 0.450. The van der Waals surface area contributed by atoms with Crippen LogP contribution in [0.2, 0.25) is 0 Å². The van der Waals surface area contributed by atoms with Crippen LogP contribution in [-0.4, -0.2) is 76.9 Å². The summed E-state index contributed by atoms with van der Waals surface area (Å²) in [6.45, 7) is 1.54. The summed E-state index contributed by atoms with van der Waals surface area (Å²) < 4.78 is 68.5. The monoisotopic (exact) mass is 789 g/mol. The third kappa shape index (κ3) is 7.50. The van der Waals surface area contributed by atoms with Crippen molar-refractivity contribution in [3.63, 3.8) is 0 Å². The fourth-order valence-electron chi connectivity index (χ4n) is 8.06. The number of ether oxygens (including phenoxy) is 1.